The van der Waals surface area contributed by atoms with Crippen molar-refractivity contribution in [2.75, 3.05) is 18.4 Å². The highest BCUT2D eigenvalue weighted by atomic mass is 35.5. The summed E-state index contributed by atoms with van der Waals surface area (Å²) in [5.74, 6) is -0.241. The van der Waals surface area contributed by atoms with Gasteiger partial charge in [-0.3, -0.25) is 9.59 Å². The summed E-state index contributed by atoms with van der Waals surface area (Å²) in [5, 5.41) is 12.8. The van der Waals surface area contributed by atoms with E-state index in [0.717, 1.165) is 24.8 Å². The molecule has 0 fully saturated rings. The standard InChI is InChI=1S/C26H31ClN4O2S/c1-3-5-6-7-19-8-10-21(11-9-19)25(33)31(17-4-2)18-16-23(32)28-26-30-29-24(34-26)20-12-14-22(27)15-13-20/h8-15H,3-7,16-18H2,1-2H3,(H,28,30,32). The van der Waals surface area contributed by atoms with Crippen molar-refractivity contribution in [2.45, 2.75) is 52.4 Å². The van der Waals surface area contributed by atoms with Crippen molar-refractivity contribution in [1.29, 1.82) is 0 Å². The van der Waals surface area contributed by atoms with Crippen LogP contribution in [0.15, 0.2) is 48.5 Å². The Morgan fingerprint density at radius 1 is 0.941 bits per heavy atom. The Labute approximate surface area is 210 Å². The van der Waals surface area contributed by atoms with Crippen molar-refractivity contribution in [2.24, 2.45) is 0 Å². The van der Waals surface area contributed by atoms with Crippen molar-refractivity contribution >= 4 is 39.9 Å². The molecule has 0 aliphatic rings. The highest BCUT2D eigenvalue weighted by Crippen LogP contribution is 2.27. The van der Waals surface area contributed by atoms with Crippen molar-refractivity contribution < 1.29 is 9.59 Å². The normalized spacial score (nSPS) is 10.8. The molecule has 1 heterocycles. The molecule has 0 aliphatic heterocycles. The molecule has 0 atom stereocenters. The maximum atomic E-state index is 13.0. The largest absolute Gasteiger partial charge is 0.338 e. The lowest BCUT2D eigenvalue weighted by Crippen LogP contribution is -2.34. The lowest BCUT2D eigenvalue weighted by atomic mass is 10.0. The van der Waals surface area contributed by atoms with E-state index < -0.39 is 0 Å². The molecule has 34 heavy (non-hydrogen) atoms. The van der Waals surface area contributed by atoms with E-state index in [1.165, 1.54) is 29.7 Å². The Morgan fingerprint density at radius 3 is 2.35 bits per heavy atom. The molecule has 0 unspecified atom stereocenters. The molecule has 180 valence electrons. The van der Waals surface area contributed by atoms with Gasteiger partial charge in [0.25, 0.3) is 5.91 Å². The molecule has 3 rings (SSSR count). The number of nitrogens with zero attached hydrogens (tertiary/aromatic N) is 3. The fraction of sp³-hybridized carbons (Fsp3) is 0.385. The number of anilines is 1. The first kappa shape index (κ1) is 25.8. The van der Waals surface area contributed by atoms with Gasteiger partial charge in [0.1, 0.15) is 5.01 Å². The van der Waals surface area contributed by atoms with Gasteiger partial charge >= 0.3 is 0 Å². The van der Waals surface area contributed by atoms with Crippen LogP contribution in [-0.2, 0) is 11.2 Å². The second kappa shape index (κ2) is 13.2. The number of nitrogens with one attached hydrogen (secondary N) is 1. The van der Waals surface area contributed by atoms with Crippen LogP contribution in [0.4, 0.5) is 5.13 Å². The van der Waals surface area contributed by atoms with E-state index in [-0.39, 0.29) is 18.2 Å². The number of rotatable bonds is 12. The van der Waals surface area contributed by atoms with Gasteiger partial charge in [0.15, 0.2) is 0 Å². The minimum Gasteiger partial charge on any atom is -0.338 e. The molecule has 2 amide bonds. The number of carbonyl (C=O) groups is 2. The lowest BCUT2D eigenvalue weighted by molar-refractivity contribution is -0.116. The molecule has 6 nitrogen and oxygen atoms in total. The molecule has 1 aromatic heterocycles. The Bertz CT molecular complexity index is 1070. The van der Waals surface area contributed by atoms with E-state index in [2.05, 4.69) is 22.4 Å². The molecular weight excluding hydrogens is 468 g/mol. The van der Waals surface area contributed by atoms with E-state index in [1.807, 2.05) is 43.3 Å². The van der Waals surface area contributed by atoms with Crippen molar-refractivity contribution in [1.82, 2.24) is 15.1 Å². The van der Waals surface area contributed by atoms with Crippen LogP contribution in [0.1, 0.15) is 61.9 Å². The van der Waals surface area contributed by atoms with Gasteiger partial charge in [-0.05, 0) is 49.1 Å². The zero-order valence-electron chi connectivity index (χ0n) is 19.7. The van der Waals surface area contributed by atoms with Gasteiger partial charge in [0.2, 0.25) is 11.0 Å². The average molecular weight is 499 g/mol. The highest BCUT2D eigenvalue weighted by Gasteiger charge is 2.17. The summed E-state index contributed by atoms with van der Waals surface area (Å²) in [6, 6.07) is 15.2. The van der Waals surface area contributed by atoms with Crippen LogP contribution < -0.4 is 5.32 Å². The fourth-order valence-corrected chi connectivity index (χ4v) is 4.45. The number of hydrogen-bond acceptors (Lipinski definition) is 5. The summed E-state index contributed by atoms with van der Waals surface area (Å²) < 4.78 is 0. The third-order valence-electron chi connectivity index (χ3n) is 5.42. The maximum Gasteiger partial charge on any atom is 0.253 e. The van der Waals surface area contributed by atoms with Gasteiger partial charge in [0.05, 0.1) is 0 Å². The quantitative estimate of drug-likeness (QED) is 0.290. The first-order valence-electron chi connectivity index (χ1n) is 11.8. The van der Waals surface area contributed by atoms with E-state index in [9.17, 15) is 9.59 Å². The number of hydrogen-bond donors (Lipinski definition) is 1. The number of amides is 2. The molecule has 0 radical (unpaired) electrons. The van der Waals surface area contributed by atoms with Crippen molar-refractivity contribution in [3.8, 4) is 10.6 Å². The van der Waals surface area contributed by atoms with Gasteiger partial charge in [-0.15, -0.1) is 10.2 Å². The number of halogens is 1. The van der Waals surface area contributed by atoms with Gasteiger partial charge < -0.3 is 10.2 Å². The third kappa shape index (κ3) is 7.64. The number of carbonyl (C=O) groups excluding carboxylic acids is 2. The predicted octanol–water partition coefficient (Wildman–Crippen LogP) is 6.47. The SMILES string of the molecule is CCCCCc1ccc(C(=O)N(CCC)CCC(=O)Nc2nnc(-c3ccc(Cl)cc3)s2)cc1. The Balaban J connectivity index is 1.54. The highest BCUT2D eigenvalue weighted by molar-refractivity contribution is 7.18. The van der Waals surface area contributed by atoms with Crippen LogP contribution in [-0.4, -0.2) is 40.0 Å². The summed E-state index contributed by atoms with van der Waals surface area (Å²) in [4.78, 5) is 27.3. The van der Waals surface area contributed by atoms with Crippen molar-refractivity contribution in [3.63, 3.8) is 0 Å². The first-order valence-corrected chi connectivity index (χ1v) is 13.0. The van der Waals surface area contributed by atoms with Crippen LogP contribution in [0.25, 0.3) is 10.6 Å². The number of aryl methyl sites for hydroxylation is 1. The monoisotopic (exact) mass is 498 g/mol. The summed E-state index contributed by atoms with van der Waals surface area (Å²) in [5.41, 5.74) is 2.80. The molecule has 1 N–H and O–H groups in total. The fourth-order valence-electron chi connectivity index (χ4n) is 3.56. The summed E-state index contributed by atoms with van der Waals surface area (Å²) in [6.07, 6.45) is 5.62. The smallest absolute Gasteiger partial charge is 0.253 e. The Morgan fingerprint density at radius 2 is 1.68 bits per heavy atom. The predicted molar refractivity (Wildman–Crippen MR) is 139 cm³/mol. The van der Waals surface area contributed by atoms with Crippen LogP contribution in [0.3, 0.4) is 0 Å². The maximum absolute atomic E-state index is 13.0. The number of aromatic nitrogens is 2. The second-order valence-corrected chi connectivity index (χ2v) is 9.58. The molecule has 0 saturated carbocycles. The second-order valence-electron chi connectivity index (χ2n) is 8.16. The molecule has 0 spiro atoms. The minimum atomic E-state index is -0.195. The van der Waals surface area contributed by atoms with E-state index >= 15 is 0 Å². The summed E-state index contributed by atoms with van der Waals surface area (Å²) in [7, 11) is 0. The van der Waals surface area contributed by atoms with E-state index in [4.69, 9.17) is 11.6 Å². The topological polar surface area (TPSA) is 75.2 Å². The van der Waals surface area contributed by atoms with Crippen LogP contribution >= 0.6 is 22.9 Å². The van der Waals surface area contributed by atoms with Crippen LogP contribution in [0.5, 0.6) is 0 Å². The average Bonchev–Trinajstić information content (AvgIpc) is 3.30. The van der Waals surface area contributed by atoms with Gasteiger partial charge in [-0.1, -0.05) is 73.9 Å². The molecule has 0 saturated heterocycles. The third-order valence-corrected chi connectivity index (χ3v) is 6.56. The lowest BCUT2D eigenvalue weighted by Gasteiger charge is -2.22. The minimum absolute atomic E-state index is 0.0456. The molecule has 0 aliphatic carbocycles. The zero-order chi connectivity index (χ0) is 24.3. The molecular formula is C26H31ClN4O2S. The molecule has 0 bridgehead atoms. The first-order chi connectivity index (χ1) is 16.5. The van der Waals surface area contributed by atoms with Gasteiger partial charge in [-0.2, -0.15) is 0 Å². The molecule has 8 heteroatoms. The summed E-state index contributed by atoms with van der Waals surface area (Å²) in [6.45, 7) is 5.16. The number of unbranched alkanes of at least 4 members (excludes halogenated alkanes) is 2. The van der Waals surface area contributed by atoms with E-state index in [1.54, 1.807) is 17.0 Å². The van der Waals surface area contributed by atoms with E-state index in [0.29, 0.717) is 33.8 Å². The zero-order valence-corrected chi connectivity index (χ0v) is 21.3. The number of benzene rings is 2. The van der Waals surface area contributed by atoms with Gasteiger partial charge in [-0.25, -0.2) is 0 Å². The van der Waals surface area contributed by atoms with Crippen LogP contribution in [0.2, 0.25) is 5.02 Å². The molecule has 3 aromatic rings. The van der Waals surface area contributed by atoms with Crippen molar-refractivity contribution in [3.05, 3.63) is 64.7 Å². The van der Waals surface area contributed by atoms with Crippen LogP contribution in [0, 0.1) is 0 Å². The van der Waals surface area contributed by atoms with Gasteiger partial charge in [0, 0.05) is 35.7 Å². The summed E-state index contributed by atoms with van der Waals surface area (Å²) >= 11 is 7.23. The molecule has 2 aromatic carbocycles. The Kier molecular flexibility index (Phi) is 10.0. The Hall–Kier alpha value is -2.77.